The van der Waals surface area contributed by atoms with Gasteiger partial charge in [0, 0.05) is 10.9 Å². The van der Waals surface area contributed by atoms with E-state index in [2.05, 4.69) is 9.98 Å². The molecular formula is C15H12N2O2S. The van der Waals surface area contributed by atoms with E-state index in [-0.39, 0.29) is 5.70 Å². The molecule has 2 heterocycles. The smallest absolute Gasteiger partial charge is 0.363 e. The Morgan fingerprint density at radius 3 is 2.75 bits per heavy atom. The average molecular weight is 284 g/mol. The normalized spacial score (nSPS) is 16.4. The highest BCUT2D eigenvalue weighted by atomic mass is 32.1. The first-order valence-electron chi connectivity index (χ1n) is 6.14. The summed E-state index contributed by atoms with van der Waals surface area (Å²) in [5, 5.41) is 2.84. The largest absolute Gasteiger partial charge is 0.402 e. The maximum absolute atomic E-state index is 11.9. The van der Waals surface area contributed by atoms with Gasteiger partial charge < -0.3 is 4.74 Å². The summed E-state index contributed by atoms with van der Waals surface area (Å²) in [5.74, 6) is -0.0831. The van der Waals surface area contributed by atoms with Crippen molar-refractivity contribution in [3.05, 3.63) is 57.2 Å². The molecule has 0 saturated carbocycles. The Bertz CT molecular complexity index is 744. The Morgan fingerprint density at radius 2 is 2.05 bits per heavy atom. The maximum atomic E-state index is 11.9. The van der Waals surface area contributed by atoms with Crippen molar-refractivity contribution in [2.45, 2.75) is 13.8 Å². The summed E-state index contributed by atoms with van der Waals surface area (Å²) >= 11 is 1.53. The molecule has 0 aliphatic carbocycles. The number of hydrogen-bond donors (Lipinski definition) is 0. The summed E-state index contributed by atoms with van der Waals surface area (Å²) in [6.07, 6.45) is 1.65. The van der Waals surface area contributed by atoms with E-state index in [0.29, 0.717) is 5.90 Å². The molecule has 0 bridgehead atoms. The van der Waals surface area contributed by atoms with Crippen LogP contribution < -0.4 is 0 Å². The number of nitrogens with zero attached hydrogens (tertiary/aromatic N) is 2. The van der Waals surface area contributed by atoms with Gasteiger partial charge in [-0.25, -0.2) is 14.8 Å². The number of aryl methyl sites for hydroxylation is 2. The van der Waals surface area contributed by atoms with Gasteiger partial charge >= 0.3 is 5.97 Å². The zero-order valence-corrected chi connectivity index (χ0v) is 11.9. The first-order chi connectivity index (χ1) is 9.63. The fourth-order valence-corrected chi connectivity index (χ4v) is 2.49. The second-order valence-corrected chi connectivity index (χ2v) is 5.50. The first kappa shape index (κ1) is 12.7. The van der Waals surface area contributed by atoms with Gasteiger partial charge in [0.05, 0.1) is 10.7 Å². The number of carbonyl (C=O) groups is 1. The molecule has 0 fully saturated rings. The standard InChI is InChI=1S/C15H12N2O2S/c1-9-5-3-4-6-12(9)14-17-13(15(18)19-14)7-11-8-20-10(2)16-11/h3-8H,1-2H3/b13-7+. The van der Waals surface area contributed by atoms with Crippen LogP contribution in [0.3, 0.4) is 0 Å². The monoisotopic (exact) mass is 284 g/mol. The Balaban J connectivity index is 1.97. The van der Waals surface area contributed by atoms with Crippen molar-refractivity contribution < 1.29 is 9.53 Å². The second kappa shape index (κ2) is 5.02. The number of ether oxygens (including phenoxy) is 1. The van der Waals surface area contributed by atoms with E-state index in [4.69, 9.17) is 4.74 Å². The summed E-state index contributed by atoms with van der Waals surface area (Å²) in [6, 6.07) is 7.67. The summed E-state index contributed by atoms with van der Waals surface area (Å²) in [7, 11) is 0. The maximum Gasteiger partial charge on any atom is 0.363 e. The Labute approximate surface area is 120 Å². The van der Waals surface area contributed by atoms with Crippen LogP contribution in [-0.2, 0) is 9.53 Å². The van der Waals surface area contributed by atoms with Crippen LogP contribution in [0, 0.1) is 13.8 Å². The van der Waals surface area contributed by atoms with Crippen LogP contribution in [0.4, 0.5) is 0 Å². The molecule has 0 amide bonds. The number of carbonyl (C=O) groups excluding carboxylic acids is 1. The molecule has 20 heavy (non-hydrogen) atoms. The lowest BCUT2D eigenvalue weighted by Crippen LogP contribution is -2.06. The Hall–Kier alpha value is -2.27. The van der Waals surface area contributed by atoms with E-state index in [1.165, 1.54) is 11.3 Å². The fourth-order valence-electron chi connectivity index (χ4n) is 1.92. The molecular weight excluding hydrogens is 272 g/mol. The topological polar surface area (TPSA) is 51.6 Å². The number of rotatable bonds is 2. The van der Waals surface area contributed by atoms with E-state index < -0.39 is 5.97 Å². The predicted molar refractivity (Wildman–Crippen MR) is 78.6 cm³/mol. The van der Waals surface area contributed by atoms with Crippen molar-refractivity contribution in [1.29, 1.82) is 0 Å². The number of aliphatic imine (C=N–C) groups is 1. The van der Waals surface area contributed by atoms with E-state index in [0.717, 1.165) is 21.8 Å². The summed E-state index contributed by atoms with van der Waals surface area (Å²) in [4.78, 5) is 20.4. The Kier molecular flexibility index (Phi) is 3.20. The lowest BCUT2D eigenvalue weighted by Gasteiger charge is -2.02. The van der Waals surface area contributed by atoms with E-state index in [1.807, 2.05) is 43.5 Å². The SMILES string of the molecule is Cc1nc(/C=C2/N=C(c3ccccc3C)OC2=O)cs1. The molecule has 100 valence electrons. The predicted octanol–water partition coefficient (Wildman–Crippen LogP) is 3.10. The number of benzene rings is 1. The van der Waals surface area contributed by atoms with Crippen molar-refractivity contribution in [3.8, 4) is 0 Å². The van der Waals surface area contributed by atoms with Crippen LogP contribution in [-0.4, -0.2) is 16.9 Å². The number of cyclic esters (lactones) is 1. The Morgan fingerprint density at radius 1 is 1.25 bits per heavy atom. The number of hydrogen-bond acceptors (Lipinski definition) is 5. The van der Waals surface area contributed by atoms with E-state index in [1.54, 1.807) is 6.08 Å². The van der Waals surface area contributed by atoms with Gasteiger partial charge in [0.25, 0.3) is 0 Å². The molecule has 0 radical (unpaired) electrons. The third-order valence-electron chi connectivity index (χ3n) is 2.92. The molecule has 0 saturated heterocycles. The molecule has 1 aromatic carbocycles. The second-order valence-electron chi connectivity index (χ2n) is 4.44. The lowest BCUT2D eigenvalue weighted by molar-refractivity contribution is -0.129. The van der Waals surface area contributed by atoms with Gasteiger partial charge in [0.15, 0.2) is 5.70 Å². The van der Waals surface area contributed by atoms with E-state index >= 15 is 0 Å². The van der Waals surface area contributed by atoms with Crippen LogP contribution in [0.1, 0.15) is 21.8 Å². The van der Waals surface area contributed by atoms with Crippen LogP contribution in [0.5, 0.6) is 0 Å². The van der Waals surface area contributed by atoms with Crippen molar-refractivity contribution >= 4 is 29.3 Å². The molecule has 0 unspecified atom stereocenters. The highest BCUT2D eigenvalue weighted by Crippen LogP contribution is 2.21. The first-order valence-corrected chi connectivity index (χ1v) is 7.02. The number of esters is 1. The van der Waals surface area contributed by atoms with Gasteiger partial charge in [-0.1, -0.05) is 18.2 Å². The number of aromatic nitrogens is 1. The molecule has 0 atom stereocenters. The van der Waals surface area contributed by atoms with Gasteiger partial charge in [0.2, 0.25) is 5.90 Å². The van der Waals surface area contributed by atoms with Crippen molar-refractivity contribution in [2.24, 2.45) is 4.99 Å². The molecule has 1 aliphatic heterocycles. The van der Waals surface area contributed by atoms with Gasteiger partial charge in [-0.15, -0.1) is 11.3 Å². The molecule has 2 aromatic rings. The summed E-state index contributed by atoms with van der Waals surface area (Å²) in [6.45, 7) is 3.87. The molecule has 5 heteroatoms. The zero-order valence-electron chi connectivity index (χ0n) is 11.1. The van der Waals surface area contributed by atoms with Crippen molar-refractivity contribution in [1.82, 2.24) is 4.98 Å². The zero-order chi connectivity index (χ0) is 14.1. The highest BCUT2D eigenvalue weighted by molar-refractivity contribution is 7.09. The molecule has 1 aromatic heterocycles. The molecule has 0 N–H and O–H groups in total. The summed E-state index contributed by atoms with van der Waals surface area (Å²) < 4.78 is 5.24. The molecule has 1 aliphatic rings. The van der Waals surface area contributed by atoms with Gasteiger partial charge in [-0.2, -0.15) is 0 Å². The third-order valence-corrected chi connectivity index (χ3v) is 3.71. The molecule has 0 spiro atoms. The quantitative estimate of drug-likeness (QED) is 0.629. The van der Waals surface area contributed by atoms with Crippen molar-refractivity contribution in [3.63, 3.8) is 0 Å². The van der Waals surface area contributed by atoms with Crippen LogP contribution in [0.25, 0.3) is 6.08 Å². The molecule has 4 nitrogen and oxygen atoms in total. The third kappa shape index (κ3) is 2.40. The van der Waals surface area contributed by atoms with Gasteiger partial charge in [-0.3, -0.25) is 0 Å². The minimum absolute atomic E-state index is 0.286. The highest BCUT2D eigenvalue weighted by Gasteiger charge is 2.25. The number of thiazole rings is 1. The van der Waals surface area contributed by atoms with E-state index in [9.17, 15) is 4.79 Å². The fraction of sp³-hybridized carbons (Fsp3) is 0.133. The molecule has 3 rings (SSSR count). The minimum atomic E-state index is -0.436. The van der Waals surface area contributed by atoms with Gasteiger partial charge in [0.1, 0.15) is 0 Å². The lowest BCUT2D eigenvalue weighted by atomic mass is 10.1. The van der Waals surface area contributed by atoms with Gasteiger partial charge in [-0.05, 0) is 31.6 Å². The average Bonchev–Trinajstić information content (AvgIpc) is 2.98. The minimum Gasteiger partial charge on any atom is -0.402 e. The summed E-state index contributed by atoms with van der Waals surface area (Å²) in [5.41, 5.74) is 2.87. The van der Waals surface area contributed by atoms with Crippen LogP contribution >= 0.6 is 11.3 Å². The van der Waals surface area contributed by atoms with Crippen molar-refractivity contribution in [2.75, 3.05) is 0 Å². The van der Waals surface area contributed by atoms with Crippen LogP contribution in [0.15, 0.2) is 40.3 Å². The van der Waals surface area contributed by atoms with Crippen LogP contribution in [0.2, 0.25) is 0 Å².